The molecule has 0 fully saturated rings. The number of rotatable bonds is 7. The van der Waals surface area contributed by atoms with E-state index in [1.54, 1.807) is 7.11 Å². The average molecular weight is 250 g/mol. The molecule has 1 aromatic carbocycles. The average Bonchev–Trinajstić information content (AvgIpc) is 2.28. The molecule has 101 valence electrons. The molecule has 1 rings (SSSR count). The number of ether oxygens (including phenoxy) is 1. The van der Waals surface area contributed by atoms with Crippen LogP contribution in [0.2, 0.25) is 0 Å². The molecule has 0 saturated heterocycles. The lowest BCUT2D eigenvalue weighted by molar-refractivity contribution is 0.0676. The van der Waals surface area contributed by atoms with E-state index in [0.29, 0.717) is 0 Å². The van der Waals surface area contributed by atoms with E-state index in [9.17, 15) is 5.11 Å². The summed E-state index contributed by atoms with van der Waals surface area (Å²) in [6.07, 6.45) is 2.80. The Bertz CT molecular complexity index is 341. The highest BCUT2D eigenvalue weighted by molar-refractivity contribution is 5.40. The van der Waals surface area contributed by atoms with Gasteiger partial charge in [0.25, 0.3) is 0 Å². The van der Waals surface area contributed by atoms with E-state index in [1.165, 1.54) is 0 Å². The van der Waals surface area contributed by atoms with Crippen molar-refractivity contribution in [2.75, 3.05) is 7.11 Å². The van der Waals surface area contributed by atoms with E-state index in [2.05, 4.69) is 12.2 Å². The van der Waals surface area contributed by atoms with Crippen LogP contribution >= 0.6 is 0 Å². The van der Waals surface area contributed by atoms with Crippen molar-refractivity contribution >= 4 is 5.69 Å². The van der Waals surface area contributed by atoms with E-state index in [1.807, 2.05) is 38.1 Å². The molecule has 0 heterocycles. The Hall–Kier alpha value is -1.22. The van der Waals surface area contributed by atoms with Crippen LogP contribution < -0.4 is 10.1 Å². The van der Waals surface area contributed by atoms with Gasteiger partial charge in [0.15, 0.2) is 0 Å². The van der Waals surface area contributed by atoms with Gasteiger partial charge in [0.1, 0.15) is 5.75 Å². The standard InChI is InChI=1S/C15H24NO2/c1-12(6-5-11-15(2,3)17)16-13-7-9-14(18-4)10-8-13/h7-10,12,17H,5-6,11H2,1-4H3. The Balaban J connectivity index is 2.32. The molecule has 1 unspecified atom stereocenters. The molecule has 1 N–H and O–H groups in total. The second-order valence-corrected chi connectivity index (χ2v) is 5.38. The van der Waals surface area contributed by atoms with Crippen LogP contribution in [0.15, 0.2) is 24.3 Å². The lowest BCUT2D eigenvalue weighted by Gasteiger charge is -2.18. The highest BCUT2D eigenvalue weighted by Crippen LogP contribution is 2.18. The third-order valence-electron chi connectivity index (χ3n) is 2.85. The third-order valence-corrected chi connectivity index (χ3v) is 2.85. The quantitative estimate of drug-likeness (QED) is 0.807. The van der Waals surface area contributed by atoms with Gasteiger partial charge < -0.3 is 9.84 Å². The predicted octanol–water partition coefficient (Wildman–Crippen LogP) is 3.26. The number of nitrogens with zero attached hydrogens (tertiary/aromatic N) is 1. The second kappa shape index (κ2) is 6.64. The van der Waals surface area contributed by atoms with Gasteiger partial charge >= 0.3 is 0 Å². The van der Waals surface area contributed by atoms with Crippen molar-refractivity contribution in [2.24, 2.45) is 0 Å². The molecule has 3 nitrogen and oxygen atoms in total. The minimum absolute atomic E-state index is 0.278. The van der Waals surface area contributed by atoms with Crippen molar-refractivity contribution in [1.82, 2.24) is 5.32 Å². The summed E-state index contributed by atoms with van der Waals surface area (Å²) in [5, 5.41) is 14.3. The Kier molecular flexibility index (Phi) is 5.48. The fourth-order valence-electron chi connectivity index (χ4n) is 1.82. The molecule has 1 aromatic rings. The monoisotopic (exact) mass is 250 g/mol. The second-order valence-electron chi connectivity index (χ2n) is 5.38. The Morgan fingerprint density at radius 1 is 1.28 bits per heavy atom. The van der Waals surface area contributed by atoms with Crippen LogP contribution in [0, 0.1) is 0 Å². The number of benzene rings is 1. The highest BCUT2D eigenvalue weighted by atomic mass is 16.5. The van der Waals surface area contributed by atoms with E-state index in [-0.39, 0.29) is 6.04 Å². The number of hydrogen-bond donors (Lipinski definition) is 1. The number of aliphatic hydroxyl groups is 1. The lowest BCUT2D eigenvalue weighted by atomic mass is 10.00. The fraction of sp³-hybridized carbons (Fsp3) is 0.600. The van der Waals surface area contributed by atoms with Gasteiger partial charge in [-0.3, -0.25) is 5.32 Å². The van der Waals surface area contributed by atoms with Crippen molar-refractivity contribution in [2.45, 2.75) is 51.7 Å². The summed E-state index contributed by atoms with van der Waals surface area (Å²) in [7, 11) is 1.66. The summed E-state index contributed by atoms with van der Waals surface area (Å²) < 4.78 is 5.11. The minimum Gasteiger partial charge on any atom is -0.497 e. The van der Waals surface area contributed by atoms with Gasteiger partial charge in [-0.15, -0.1) is 0 Å². The minimum atomic E-state index is -0.570. The van der Waals surface area contributed by atoms with E-state index < -0.39 is 5.60 Å². The smallest absolute Gasteiger partial charge is 0.119 e. The normalized spacial score (nSPS) is 13.2. The summed E-state index contributed by atoms with van der Waals surface area (Å²) in [5.74, 6) is 0.851. The molecule has 0 bridgehead atoms. The molecule has 3 heteroatoms. The zero-order chi connectivity index (χ0) is 13.6. The first-order chi connectivity index (χ1) is 8.40. The summed E-state index contributed by atoms with van der Waals surface area (Å²) in [4.78, 5) is 0. The Labute approximate surface area is 110 Å². The Morgan fingerprint density at radius 2 is 1.89 bits per heavy atom. The van der Waals surface area contributed by atoms with Crippen LogP contribution in [0.1, 0.15) is 40.0 Å². The number of methoxy groups -OCH3 is 1. The van der Waals surface area contributed by atoms with Gasteiger partial charge in [-0.2, -0.15) is 0 Å². The molecule has 0 aliphatic rings. The van der Waals surface area contributed by atoms with Gasteiger partial charge in [0.2, 0.25) is 0 Å². The molecule has 1 radical (unpaired) electrons. The molecule has 18 heavy (non-hydrogen) atoms. The maximum atomic E-state index is 9.63. The van der Waals surface area contributed by atoms with Crippen LogP contribution in [0.5, 0.6) is 5.75 Å². The maximum Gasteiger partial charge on any atom is 0.119 e. The summed E-state index contributed by atoms with van der Waals surface area (Å²) in [5.41, 5.74) is 0.409. The first kappa shape index (κ1) is 14.8. The van der Waals surface area contributed by atoms with Gasteiger partial charge in [0.05, 0.1) is 18.4 Å². The first-order valence-corrected chi connectivity index (χ1v) is 6.48. The first-order valence-electron chi connectivity index (χ1n) is 6.48. The largest absolute Gasteiger partial charge is 0.497 e. The van der Waals surface area contributed by atoms with Crippen molar-refractivity contribution in [3.8, 4) is 5.75 Å². The van der Waals surface area contributed by atoms with Crippen molar-refractivity contribution in [3.63, 3.8) is 0 Å². The zero-order valence-corrected chi connectivity index (χ0v) is 11.8. The van der Waals surface area contributed by atoms with Crippen molar-refractivity contribution < 1.29 is 9.84 Å². The van der Waals surface area contributed by atoms with Crippen LogP contribution in [0.3, 0.4) is 0 Å². The third kappa shape index (κ3) is 5.92. The molecule has 0 aliphatic heterocycles. The zero-order valence-electron chi connectivity index (χ0n) is 11.8. The summed E-state index contributed by atoms with van der Waals surface area (Å²) in [6.45, 7) is 5.80. The molecular formula is C15H24NO2. The molecule has 1 atom stereocenters. The molecule has 0 amide bonds. The van der Waals surface area contributed by atoms with Gasteiger partial charge in [-0.1, -0.05) is 0 Å². The number of hydrogen-bond acceptors (Lipinski definition) is 2. The van der Waals surface area contributed by atoms with Crippen LogP contribution in [-0.2, 0) is 0 Å². The van der Waals surface area contributed by atoms with Gasteiger partial charge in [-0.25, -0.2) is 0 Å². The lowest BCUT2D eigenvalue weighted by Crippen LogP contribution is -2.20. The van der Waals surface area contributed by atoms with E-state index in [4.69, 9.17) is 4.74 Å². The van der Waals surface area contributed by atoms with E-state index in [0.717, 1.165) is 30.7 Å². The predicted molar refractivity (Wildman–Crippen MR) is 74.4 cm³/mol. The van der Waals surface area contributed by atoms with E-state index >= 15 is 0 Å². The molecule has 0 spiro atoms. The molecule has 0 aliphatic carbocycles. The summed E-state index contributed by atoms with van der Waals surface area (Å²) >= 11 is 0. The Morgan fingerprint density at radius 3 is 2.39 bits per heavy atom. The van der Waals surface area contributed by atoms with Crippen LogP contribution in [0.25, 0.3) is 0 Å². The van der Waals surface area contributed by atoms with Crippen molar-refractivity contribution in [3.05, 3.63) is 24.3 Å². The SMILES string of the molecule is COc1ccc([N]C(C)CCCC(C)(C)O)cc1. The van der Waals surface area contributed by atoms with Crippen LogP contribution in [0.4, 0.5) is 5.69 Å². The molecular weight excluding hydrogens is 226 g/mol. The fourth-order valence-corrected chi connectivity index (χ4v) is 1.82. The maximum absolute atomic E-state index is 9.63. The summed E-state index contributed by atoms with van der Waals surface area (Å²) in [6, 6.07) is 8.04. The highest BCUT2D eigenvalue weighted by Gasteiger charge is 2.13. The van der Waals surface area contributed by atoms with Crippen LogP contribution in [-0.4, -0.2) is 23.9 Å². The molecule has 0 saturated carbocycles. The van der Waals surface area contributed by atoms with Crippen molar-refractivity contribution in [1.29, 1.82) is 0 Å². The molecule has 0 aromatic heterocycles. The topological polar surface area (TPSA) is 43.6 Å². The van der Waals surface area contributed by atoms with Gasteiger partial charge in [0, 0.05) is 6.04 Å². The van der Waals surface area contributed by atoms with Gasteiger partial charge in [-0.05, 0) is 64.3 Å².